The minimum absolute atomic E-state index is 0.228. The summed E-state index contributed by atoms with van der Waals surface area (Å²) >= 11 is 0. The van der Waals surface area contributed by atoms with E-state index in [0.717, 1.165) is 22.3 Å². The fourth-order valence-electron chi connectivity index (χ4n) is 4.17. The normalized spacial score (nSPS) is 14.5. The number of carbonyl (C=O) groups is 1. The van der Waals surface area contributed by atoms with E-state index >= 15 is 0 Å². The van der Waals surface area contributed by atoms with Crippen LogP contribution in [0.25, 0.3) is 22.3 Å². The van der Waals surface area contributed by atoms with Crippen LogP contribution >= 0.6 is 0 Å². The summed E-state index contributed by atoms with van der Waals surface area (Å²) in [5.41, 5.74) is 6.77. The lowest BCUT2D eigenvalue weighted by Gasteiger charge is -2.27. The van der Waals surface area contributed by atoms with Crippen LogP contribution in [0.5, 0.6) is 11.5 Å². The van der Waals surface area contributed by atoms with Gasteiger partial charge in [0.1, 0.15) is 6.61 Å². The molecule has 1 atom stereocenters. The minimum Gasteiger partial charge on any atom is -0.485 e. The summed E-state index contributed by atoms with van der Waals surface area (Å²) in [7, 11) is 1.39. The number of carbonyl (C=O) groups excluding carboxylic acids is 1. The van der Waals surface area contributed by atoms with Gasteiger partial charge in [0.05, 0.1) is 12.7 Å². The second kappa shape index (κ2) is 8.83. The maximum atomic E-state index is 12.2. The molecule has 1 heterocycles. The third kappa shape index (κ3) is 4.20. The Morgan fingerprint density at radius 3 is 2.42 bits per heavy atom. The lowest BCUT2D eigenvalue weighted by molar-refractivity contribution is 0.0601. The van der Waals surface area contributed by atoms with Crippen LogP contribution in [0, 0.1) is 6.92 Å². The van der Waals surface area contributed by atoms with E-state index in [4.69, 9.17) is 14.2 Å². The molecular formula is C29H24O4. The summed E-state index contributed by atoms with van der Waals surface area (Å²) in [5.74, 6) is 0.982. The van der Waals surface area contributed by atoms with Gasteiger partial charge in [0.2, 0.25) is 0 Å². The second-order valence-electron chi connectivity index (χ2n) is 8.11. The average molecular weight is 437 g/mol. The number of fused-ring (bicyclic) bond motifs is 1. The number of hydrogen-bond donors (Lipinski definition) is 0. The first kappa shape index (κ1) is 20.8. The first-order chi connectivity index (χ1) is 16.1. The quantitative estimate of drug-likeness (QED) is 0.337. The molecule has 0 saturated carbocycles. The molecule has 4 heteroatoms. The van der Waals surface area contributed by atoms with Crippen LogP contribution in [0.2, 0.25) is 0 Å². The monoisotopic (exact) mass is 436 g/mol. The molecular weight excluding hydrogens is 412 g/mol. The number of aryl methyl sites for hydroxylation is 1. The molecule has 1 unspecified atom stereocenters. The molecule has 0 fully saturated rings. The Hall–Kier alpha value is -4.05. The highest BCUT2D eigenvalue weighted by Gasteiger charge is 2.24. The Morgan fingerprint density at radius 2 is 1.61 bits per heavy atom. The van der Waals surface area contributed by atoms with Gasteiger partial charge in [-0.05, 0) is 59.0 Å². The molecule has 164 valence electrons. The molecule has 0 aromatic heterocycles. The number of rotatable bonds is 4. The van der Waals surface area contributed by atoms with Crippen LogP contribution in [0.15, 0.2) is 91.0 Å². The zero-order valence-electron chi connectivity index (χ0n) is 18.6. The van der Waals surface area contributed by atoms with Gasteiger partial charge in [0, 0.05) is 0 Å². The van der Waals surface area contributed by atoms with Gasteiger partial charge in [0.25, 0.3) is 0 Å². The summed E-state index contributed by atoms with van der Waals surface area (Å²) in [6, 6.07) is 30.0. The third-order valence-corrected chi connectivity index (χ3v) is 5.86. The lowest BCUT2D eigenvalue weighted by Crippen LogP contribution is -2.21. The molecule has 1 aliphatic heterocycles. The largest absolute Gasteiger partial charge is 0.485 e. The van der Waals surface area contributed by atoms with Crippen molar-refractivity contribution in [3.63, 3.8) is 0 Å². The topological polar surface area (TPSA) is 44.8 Å². The zero-order chi connectivity index (χ0) is 22.8. The fraction of sp³-hybridized carbons (Fsp3) is 0.138. The molecule has 4 nitrogen and oxygen atoms in total. The van der Waals surface area contributed by atoms with Gasteiger partial charge in [-0.2, -0.15) is 0 Å². The van der Waals surface area contributed by atoms with Gasteiger partial charge in [-0.25, -0.2) is 4.79 Å². The Kier molecular flexibility index (Phi) is 5.57. The van der Waals surface area contributed by atoms with Crippen molar-refractivity contribution in [1.29, 1.82) is 0 Å². The highest BCUT2D eigenvalue weighted by molar-refractivity contribution is 5.97. The molecule has 0 amide bonds. The summed E-state index contributed by atoms with van der Waals surface area (Å²) < 4.78 is 17.4. The van der Waals surface area contributed by atoms with Crippen LogP contribution in [-0.2, 0) is 4.74 Å². The van der Waals surface area contributed by atoms with Crippen molar-refractivity contribution in [2.24, 2.45) is 0 Å². The van der Waals surface area contributed by atoms with Gasteiger partial charge in [-0.1, -0.05) is 72.3 Å². The molecule has 0 saturated heterocycles. The average Bonchev–Trinajstić information content (AvgIpc) is 2.87. The molecule has 0 spiro atoms. The van der Waals surface area contributed by atoms with E-state index in [1.54, 1.807) is 6.07 Å². The number of methoxy groups -OCH3 is 1. The summed E-state index contributed by atoms with van der Waals surface area (Å²) in [6.45, 7) is 2.53. The number of hydrogen-bond acceptors (Lipinski definition) is 4. The van der Waals surface area contributed by atoms with E-state index in [9.17, 15) is 4.79 Å². The minimum atomic E-state index is -0.369. The van der Waals surface area contributed by atoms with Gasteiger partial charge in [0.15, 0.2) is 17.6 Å². The van der Waals surface area contributed by atoms with Crippen molar-refractivity contribution in [3.05, 3.63) is 108 Å². The van der Waals surface area contributed by atoms with Crippen LogP contribution in [0.1, 0.15) is 27.6 Å². The SMILES string of the molecule is COC(=O)c1ccccc1-c1ccc2c(c1)OC(c1cccc(-c3cccc(C)c3)c1)CO2. The number of benzene rings is 4. The number of ether oxygens (including phenoxy) is 3. The predicted octanol–water partition coefficient (Wildman–Crippen LogP) is 6.63. The molecule has 5 rings (SSSR count). The van der Waals surface area contributed by atoms with Crippen molar-refractivity contribution in [2.45, 2.75) is 13.0 Å². The standard InChI is InChI=1S/C29H24O4/c1-19-7-5-8-20(15-19)21-9-6-10-23(16-21)28-18-32-26-14-13-22(17-27(26)33-28)24-11-3-4-12-25(24)29(30)31-2/h3-17,28H,18H2,1-2H3. The van der Waals surface area contributed by atoms with E-state index in [2.05, 4.69) is 55.5 Å². The Bertz CT molecular complexity index is 1320. The van der Waals surface area contributed by atoms with Crippen LogP contribution < -0.4 is 9.47 Å². The lowest BCUT2D eigenvalue weighted by atomic mass is 9.98. The predicted molar refractivity (Wildman–Crippen MR) is 129 cm³/mol. The molecule has 1 aliphatic rings. The van der Waals surface area contributed by atoms with Crippen molar-refractivity contribution >= 4 is 5.97 Å². The van der Waals surface area contributed by atoms with Crippen molar-refractivity contribution in [2.75, 3.05) is 13.7 Å². The molecule has 0 N–H and O–H groups in total. The summed E-state index contributed by atoms with van der Waals surface area (Å²) in [4.78, 5) is 12.2. The van der Waals surface area contributed by atoms with E-state index in [0.29, 0.717) is 23.7 Å². The maximum Gasteiger partial charge on any atom is 0.338 e. The first-order valence-electron chi connectivity index (χ1n) is 10.9. The third-order valence-electron chi connectivity index (χ3n) is 5.86. The van der Waals surface area contributed by atoms with Crippen LogP contribution in [-0.4, -0.2) is 19.7 Å². The van der Waals surface area contributed by atoms with Gasteiger partial charge >= 0.3 is 5.97 Å². The summed E-state index contributed by atoms with van der Waals surface area (Å²) in [6.07, 6.45) is -0.228. The van der Waals surface area contributed by atoms with Gasteiger partial charge < -0.3 is 14.2 Å². The van der Waals surface area contributed by atoms with Crippen molar-refractivity contribution < 1.29 is 19.0 Å². The van der Waals surface area contributed by atoms with Crippen molar-refractivity contribution in [3.8, 4) is 33.8 Å². The molecule has 4 aromatic rings. The van der Waals surface area contributed by atoms with E-state index < -0.39 is 0 Å². The van der Waals surface area contributed by atoms with Gasteiger partial charge in [-0.15, -0.1) is 0 Å². The van der Waals surface area contributed by atoms with Crippen LogP contribution in [0.3, 0.4) is 0 Å². The Balaban J connectivity index is 1.46. The smallest absolute Gasteiger partial charge is 0.338 e. The summed E-state index contributed by atoms with van der Waals surface area (Å²) in [5, 5.41) is 0. The fourth-order valence-corrected chi connectivity index (χ4v) is 4.17. The zero-order valence-corrected chi connectivity index (χ0v) is 18.6. The van der Waals surface area contributed by atoms with Gasteiger partial charge in [-0.3, -0.25) is 0 Å². The second-order valence-corrected chi connectivity index (χ2v) is 8.11. The molecule has 0 bridgehead atoms. The first-order valence-corrected chi connectivity index (χ1v) is 10.9. The highest BCUT2D eigenvalue weighted by Crippen LogP contribution is 2.40. The van der Waals surface area contributed by atoms with E-state index in [1.165, 1.54) is 18.2 Å². The van der Waals surface area contributed by atoms with Crippen molar-refractivity contribution in [1.82, 2.24) is 0 Å². The molecule has 0 radical (unpaired) electrons. The Morgan fingerprint density at radius 1 is 0.818 bits per heavy atom. The van der Waals surface area contributed by atoms with E-state index in [1.807, 2.05) is 36.4 Å². The Labute approximate surface area is 193 Å². The molecule has 0 aliphatic carbocycles. The van der Waals surface area contributed by atoms with Crippen LogP contribution in [0.4, 0.5) is 0 Å². The number of esters is 1. The van der Waals surface area contributed by atoms with E-state index in [-0.39, 0.29) is 12.1 Å². The maximum absolute atomic E-state index is 12.2. The molecule has 33 heavy (non-hydrogen) atoms. The highest BCUT2D eigenvalue weighted by atomic mass is 16.6. The molecule has 4 aromatic carbocycles.